The normalized spacial score (nSPS) is 29.9. The van der Waals surface area contributed by atoms with Gasteiger partial charge in [0.1, 0.15) is 0 Å². The van der Waals surface area contributed by atoms with Gasteiger partial charge < -0.3 is 10.6 Å². The lowest BCUT2D eigenvalue weighted by atomic mass is 9.49. The second-order valence-corrected chi connectivity index (χ2v) is 11.2. The fourth-order valence-electron chi connectivity index (χ4n) is 6.49. The molecule has 1 aromatic carbocycles. The number of benzene rings is 1. The van der Waals surface area contributed by atoms with Gasteiger partial charge in [0.25, 0.3) is 5.91 Å². The van der Waals surface area contributed by atoms with Crippen LogP contribution in [-0.4, -0.2) is 37.6 Å². The first-order valence-corrected chi connectivity index (χ1v) is 13.1. The maximum Gasteiger partial charge on any atom is 0.252 e. The summed E-state index contributed by atoms with van der Waals surface area (Å²) < 4.78 is 0. The van der Waals surface area contributed by atoms with Crippen molar-refractivity contribution in [3.63, 3.8) is 0 Å². The van der Waals surface area contributed by atoms with Gasteiger partial charge in [0.05, 0.1) is 10.6 Å². The number of thioether (sulfide) groups is 1. The Morgan fingerprint density at radius 2 is 1.83 bits per heavy atom. The number of carbonyl (C=O) groups is 1. The van der Waals surface area contributed by atoms with Crippen LogP contribution >= 0.6 is 23.4 Å². The van der Waals surface area contributed by atoms with Crippen molar-refractivity contribution in [2.24, 2.45) is 23.2 Å². The molecule has 0 atom stereocenters. The van der Waals surface area contributed by atoms with E-state index in [1.807, 2.05) is 23.9 Å². The van der Waals surface area contributed by atoms with Crippen LogP contribution in [0.15, 0.2) is 18.2 Å². The molecule has 4 aliphatic carbocycles. The highest BCUT2D eigenvalue weighted by atomic mass is 35.5. The van der Waals surface area contributed by atoms with E-state index in [1.165, 1.54) is 44.1 Å². The third-order valence-corrected chi connectivity index (χ3v) is 8.31. The summed E-state index contributed by atoms with van der Waals surface area (Å²) in [5, 5.41) is 7.30. The first-order chi connectivity index (χ1) is 14.1. The number of rotatable bonds is 10. The van der Waals surface area contributed by atoms with E-state index >= 15 is 0 Å². The van der Waals surface area contributed by atoms with Gasteiger partial charge >= 0.3 is 0 Å². The number of carbonyl (C=O) groups excluding carboxylic acids is 1. The Morgan fingerprint density at radius 1 is 1.14 bits per heavy atom. The van der Waals surface area contributed by atoms with Crippen molar-refractivity contribution in [3.05, 3.63) is 34.3 Å². The molecule has 0 aromatic heterocycles. The number of aryl methyl sites for hydroxylation is 1. The fraction of sp³-hybridized carbons (Fsp3) is 0.708. The van der Waals surface area contributed by atoms with Crippen molar-refractivity contribution in [1.29, 1.82) is 0 Å². The molecule has 1 amide bonds. The van der Waals surface area contributed by atoms with Crippen molar-refractivity contribution in [2.75, 3.05) is 31.6 Å². The molecule has 0 heterocycles. The van der Waals surface area contributed by atoms with Crippen molar-refractivity contribution >= 4 is 29.3 Å². The fourth-order valence-corrected chi connectivity index (χ4v) is 7.04. The molecule has 4 bridgehead atoms. The molecule has 0 unspecified atom stereocenters. The number of halogens is 1. The molecular weight excluding hydrogens is 400 g/mol. The van der Waals surface area contributed by atoms with Gasteiger partial charge in [0.2, 0.25) is 0 Å². The number of nitrogens with one attached hydrogen (secondary N) is 2. The van der Waals surface area contributed by atoms with Crippen molar-refractivity contribution < 1.29 is 4.79 Å². The zero-order valence-corrected chi connectivity index (χ0v) is 19.2. The van der Waals surface area contributed by atoms with Crippen LogP contribution in [0.3, 0.4) is 0 Å². The summed E-state index contributed by atoms with van der Waals surface area (Å²) in [6.07, 6.45) is 12.4. The summed E-state index contributed by atoms with van der Waals surface area (Å²) in [6, 6.07) is 5.94. The van der Waals surface area contributed by atoms with Crippen LogP contribution in [0.5, 0.6) is 0 Å². The Bertz CT molecular complexity index is 688. The van der Waals surface area contributed by atoms with E-state index in [-0.39, 0.29) is 5.91 Å². The monoisotopic (exact) mass is 434 g/mol. The Kier molecular flexibility index (Phi) is 7.14. The minimum atomic E-state index is 0.00527. The zero-order valence-electron chi connectivity index (χ0n) is 17.6. The van der Waals surface area contributed by atoms with E-state index in [4.69, 9.17) is 11.6 Å². The van der Waals surface area contributed by atoms with E-state index in [0.717, 1.165) is 56.0 Å². The second-order valence-electron chi connectivity index (χ2n) is 9.76. The molecule has 0 aliphatic heterocycles. The van der Waals surface area contributed by atoms with Gasteiger partial charge in [-0.1, -0.05) is 17.7 Å². The van der Waals surface area contributed by atoms with Crippen LogP contribution in [0, 0.1) is 23.2 Å². The molecule has 5 heteroatoms. The average molecular weight is 435 g/mol. The first-order valence-electron chi connectivity index (χ1n) is 11.3. The Morgan fingerprint density at radius 3 is 2.48 bits per heavy atom. The zero-order chi connectivity index (χ0) is 20.3. The summed E-state index contributed by atoms with van der Waals surface area (Å²) >= 11 is 8.25. The number of hydrogen-bond donors (Lipinski definition) is 2. The molecule has 4 fully saturated rings. The number of amides is 1. The molecular formula is C24H35ClN2OS. The highest BCUT2D eigenvalue weighted by molar-refractivity contribution is 7.98. The molecule has 3 nitrogen and oxygen atoms in total. The highest BCUT2D eigenvalue weighted by Crippen LogP contribution is 2.59. The highest BCUT2D eigenvalue weighted by Gasteiger charge is 2.50. The Labute approximate surface area is 185 Å². The maximum atomic E-state index is 12.9. The van der Waals surface area contributed by atoms with Gasteiger partial charge in [-0.25, -0.2) is 0 Å². The molecule has 4 saturated carbocycles. The van der Waals surface area contributed by atoms with Gasteiger partial charge in [-0.15, -0.1) is 0 Å². The molecule has 4 aliphatic rings. The van der Waals surface area contributed by atoms with E-state index in [2.05, 4.69) is 23.0 Å². The predicted molar refractivity (Wildman–Crippen MR) is 124 cm³/mol. The van der Waals surface area contributed by atoms with Crippen LogP contribution in [-0.2, 0) is 6.42 Å². The summed E-state index contributed by atoms with van der Waals surface area (Å²) in [5.74, 6) is 3.89. The quantitative estimate of drug-likeness (QED) is 0.499. The largest absolute Gasteiger partial charge is 0.351 e. The molecule has 0 saturated heterocycles. The van der Waals surface area contributed by atoms with E-state index in [0.29, 0.717) is 16.0 Å². The lowest BCUT2D eigenvalue weighted by Gasteiger charge is -2.56. The third kappa shape index (κ3) is 5.32. The standard InChI is InChI=1S/C24H35ClN2OS/c1-29-8-7-26-6-2-3-17-4-5-22(25)21(12-17)23(28)27-16-24-13-18-9-19(14-24)11-20(10-18)15-24/h4-5,12,18-20,26H,2-3,6-11,13-16H2,1H3,(H,27,28). The van der Waals surface area contributed by atoms with Gasteiger partial charge in [0.15, 0.2) is 0 Å². The molecule has 29 heavy (non-hydrogen) atoms. The van der Waals surface area contributed by atoms with Crippen LogP contribution < -0.4 is 10.6 Å². The lowest BCUT2D eigenvalue weighted by Crippen LogP contribution is -2.51. The summed E-state index contributed by atoms with van der Waals surface area (Å²) in [5.41, 5.74) is 2.20. The predicted octanol–water partition coefficient (Wildman–Crippen LogP) is 5.17. The van der Waals surface area contributed by atoms with E-state index in [9.17, 15) is 4.79 Å². The summed E-state index contributed by atoms with van der Waals surface area (Å²) in [6.45, 7) is 2.89. The lowest BCUT2D eigenvalue weighted by molar-refractivity contribution is -0.0503. The number of hydrogen-bond acceptors (Lipinski definition) is 3. The molecule has 2 N–H and O–H groups in total. The summed E-state index contributed by atoms with van der Waals surface area (Å²) in [4.78, 5) is 12.9. The molecule has 0 radical (unpaired) electrons. The maximum absolute atomic E-state index is 12.9. The molecule has 0 spiro atoms. The van der Waals surface area contributed by atoms with Crippen molar-refractivity contribution in [3.8, 4) is 0 Å². The van der Waals surface area contributed by atoms with Crippen LogP contribution in [0.2, 0.25) is 5.02 Å². The van der Waals surface area contributed by atoms with Gasteiger partial charge in [-0.05, 0) is 105 Å². The van der Waals surface area contributed by atoms with Crippen molar-refractivity contribution in [2.45, 2.75) is 51.4 Å². The van der Waals surface area contributed by atoms with E-state index < -0.39 is 0 Å². The first kappa shape index (κ1) is 21.5. The SMILES string of the molecule is CSCCNCCCc1ccc(Cl)c(C(=O)NCC23CC4CC(CC(C4)C2)C3)c1. The summed E-state index contributed by atoms with van der Waals surface area (Å²) in [7, 11) is 0. The second kappa shape index (κ2) is 9.62. The van der Waals surface area contributed by atoms with Gasteiger partial charge in [0, 0.05) is 18.8 Å². The average Bonchev–Trinajstić information content (AvgIpc) is 2.69. The Hall–Kier alpha value is -0.710. The smallest absolute Gasteiger partial charge is 0.252 e. The van der Waals surface area contributed by atoms with Crippen molar-refractivity contribution in [1.82, 2.24) is 10.6 Å². The molecule has 1 aromatic rings. The molecule has 5 rings (SSSR count). The minimum Gasteiger partial charge on any atom is -0.351 e. The molecule has 160 valence electrons. The van der Waals surface area contributed by atoms with Crippen LogP contribution in [0.4, 0.5) is 0 Å². The van der Waals surface area contributed by atoms with Crippen LogP contribution in [0.1, 0.15) is 60.9 Å². The third-order valence-electron chi connectivity index (χ3n) is 7.37. The van der Waals surface area contributed by atoms with Crippen LogP contribution in [0.25, 0.3) is 0 Å². The topological polar surface area (TPSA) is 41.1 Å². The van der Waals surface area contributed by atoms with Gasteiger partial charge in [-0.3, -0.25) is 4.79 Å². The van der Waals surface area contributed by atoms with E-state index in [1.54, 1.807) is 0 Å². The Balaban J connectivity index is 1.30. The van der Waals surface area contributed by atoms with Gasteiger partial charge in [-0.2, -0.15) is 11.8 Å². The minimum absolute atomic E-state index is 0.00527.